The predicted molar refractivity (Wildman–Crippen MR) is 204 cm³/mol. The molecule has 0 unspecified atom stereocenters. The lowest BCUT2D eigenvalue weighted by atomic mass is 9.82. The van der Waals surface area contributed by atoms with Gasteiger partial charge in [-0.15, -0.1) is 0 Å². The Balaban J connectivity index is 1.19. The molecule has 0 atom stereocenters. The molecule has 1 aliphatic rings. The smallest absolute Gasteiger partial charge is 0.163 e. The lowest BCUT2D eigenvalue weighted by molar-refractivity contribution is 0.660. The molecule has 0 spiro atoms. The number of pyridine rings is 1. The van der Waals surface area contributed by atoms with E-state index < -0.39 is 0 Å². The summed E-state index contributed by atoms with van der Waals surface area (Å²) in [5.41, 5.74) is 14.0. The Bertz CT molecular complexity index is 2510. The Morgan fingerprint density at radius 3 is 1.90 bits per heavy atom. The summed E-state index contributed by atoms with van der Waals surface area (Å²) < 4.78 is 0. The lowest BCUT2D eigenvalue weighted by Crippen LogP contribution is -2.16. The zero-order valence-corrected chi connectivity index (χ0v) is 27.8. The highest BCUT2D eigenvalue weighted by Crippen LogP contribution is 2.51. The topological polar surface area (TPSA) is 54.8 Å². The fourth-order valence-corrected chi connectivity index (χ4v) is 7.61. The van der Waals surface area contributed by atoms with Crippen LogP contribution in [0.3, 0.4) is 0 Å². The number of nitrogens with zero attached hydrogens (tertiary/aromatic N) is 5. The van der Waals surface area contributed by atoms with E-state index in [9.17, 15) is 0 Å². The highest BCUT2D eigenvalue weighted by molar-refractivity contribution is 6.04. The first-order valence-corrected chi connectivity index (χ1v) is 16.9. The summed E-state index contributed by atoms with van der Waals surface area (Å²) >= 11 is 0. The second-order valence-electron chi connectivity index (χ2n) is 13.2. The van der Waals surface area contributed by atoms with Crippen LogP contribution in [0.2, 0.25) is 0 Å². The minimum atomic E-state index is -0.116. The number of rotatable bonds is 6. The molecule has 5 heteroatoms. The fraction of sp³-hybridized carbons (Fsp3) is 0.0667. The van der Waals surface area contributed by atoms with Crippen molar-refractivity contribution in [1.82, 2.24) is 19.9 Å². The monoisotopic (exact) mass is 643 g/mol. The molecule has 2 aromatic heterocycles. The van der Waals surface area contributed by atoms with Crippen molar-refractivity contribution in [2.24, 2.45) is 0 Å². The van der Waals surface area contributed by atoms with E-state index in [0.717, 1.165) is 55.7 Å². The fourth-order valence-electron chi connectivity index (χ4n) is 7.61. The molecule has 0 bridgehead atoms. The molecule has 0 N–H and O–H groups in total. The van der Waals surface area contributed by atoms with Gasteiger partial charge >= 0.3 is 0 Å². The van der Waals surface area contributed by atoms with E-state index in [1.807, 2.05) is 18.5 Å². The quantitative estimate of drug-likeness (QED) is 0.180. The van der Waals surface area contributed by atoms with Crippen LogP contribution in [0.5, 0.6) is 0 Å². The van der Waals surface area contributed by atoms with E-state index in [0.29, 0.717) is 5.82 Å². The number of para-hydroxylation sites is 1. The highest BCUT2D eigenvalue weighted by atomic mass is 15.1. The number of benzene rings is 6. The SMILES string of the molecule is CC1(C)c2ccccc2-c2ccc(N(c3ccc(-c4ccc(-c5ncncn5)c5ccccc45)cc3)c3ccccc3-c3cccnc3)cc21. The van der Waals surface area contributed by atoms with E-state index in [4.69, 9.17) is 0 Å². The Kier molecular flexibility index (Phi) is 7.06. The molecule has 8 aromatic rings. The maximum Gasteiger partial charge on any atom is 0.163 e. The standard InChI is InChI=1S/C45H33N5/c1-45(2)41-15-7-5-14-38(41)39-22-21-33(26-42(39)45)50(43-16-8-6-11-35(43)31-10-9-25-46-27-31)32-19-17-30(18-20-32)34-23-24-40(44-48-28-47-29-49-44)37-13-4-3-12-36(34)37/h3-29H,1-2H3. The third-order valence-corrected chi connectivity index (χ3v) is 10.0. The Hall–Kier alpha value is -6.46. The molecule has 238 valence electrons. The molecule has 0 radical (unpaired) electrons. The number of hydrogen-bond acceptors (Lipinski definition) is 5. The lowest BCUT2D eigenvalue weighted by Gasteiger charge is -2.30. The van der Waals surface area contributed by atoms with Gasteiger partial charge in [-0.3, -0.25) is 4.98 Å². The molecule has 9 rings (SSSR count). The number of anilines is 3. The van der Waals surface area contributed by atoms with Crippen molar-refractivity contribution in [1.29, 1.82) is 0 Å². The largest absolute Gasteiger partial charge is 0.310 e. The molecule has 0 aliphatic heterocycles. The van der Waals surface area contributed by atoms with Crippen molar-refractivity contribution < 1.29 is 0 Å². The average molecular weight is 644 g/mol. The first kappa shape index (κ1) is 29.7. The molecule has 1 aliphatic carbocycles. The van der Waals surface area contributed by atoms with E-state index in [2.05, 4.69) is 172 Å². The minimum Gasteiger partial charge on any atom is -0.310 e. The molecular formula is C45H33N5. The first-order valence-electron chi connectivity index (χ1n) is 16.9. The maximum atomic E-state index is 4.46. The molecule has 5 nitrogen and oxygen atoms in total. The molecule has 0 fully saturated rings. The third-order valence-electron chi connectivity index (χ3n) is 10.0. The molecule has 2 heterocycles. The van der Waals surface area contributed by atoms with Gasteiger partial charge in [0.05, 0.1) is 5.69 Å². The zero-order valence-electron chi connectivity index (χ0n) is 27.8. The van der Waals surface area contributed by atoms with Crippen molar-refractivity contribution in [3.05, 3.63) is 176 Å². The first-order chi connectivity index (χ1) is 24.6. The second-order valence-corrected chi connectivity index (χ2v) is 13.2. The van der Waals surface area contributed by atoms with Crippen molar-refractivity contribution >= 4 is 27.8 Å². The predicted octanol–water partition coefficient (Wildman–Crippen LogP) is 11.2. The van der Waals surface area contributed by atoms with Crippen LogP contribution < -0.4 is 4.90 Å². The molecule has 50 heavy (non-hydrogen) atoms. The van der Waals surface area contributed by atoms with Gasteiger partial charge in [-0.1, -0.05) is 111 Å². The van der Waals surface area contributed by atoms with Crippen molar-refractivity contribution in [3.8, 4) is 44.8 Å². The van der Waals surface area contributed by atoms with Crippen LogP contribution in [-0.4, -0.2) is 19.9 Å². The molecule has 0 amide bonds. The normalized spacial score (nSPS) is 12.8. The summed E-state index contributed by atoms with van der Waals surface area (Å²) in [7, 11) is 0. The zero-order chi connectivity index (χ0) is 33.7. The van der Waals surface area contributed by atoms with E-state index in [-0.39, 0.29) is 5.41 Å². The van der Waals surface area contributed by atoms with Gasteiger partial charge in [-0.2, -0.15) is 0 Å². The third kappa shape index (κ3) is 4.86. The average Bonchev–Trinajstić information content (AvgIpc) is 3.41. The van der Waals surface area contributed by atoms with Gasteiger partial charge in [-0.05, 0) is 86.6 Å². The summed E-state index contributed by atoms with van der Waals surface area (Å²) in [6, 6.07) is 50.1. The van der Waals surface area contributed by atoms with Crippen LogP contribution in [0.4, 0.5) is 17.1 Å². The van der Waals surface area contributed by atoms with Crippen LogP contribution in [0, 0.1) is 0 Å². The van der Waals surface area contributed by atoms with E-state index in [1.54, 1.807) is 12.7 Å². The Labute approximate surface area is 291 Å². The number of aromatic nitrogens is 4. The van der Waals surface area contributed by atoms with Gasteiger partial charge in [0.15, 0.2) is 5.82 Å². The summed E-state index contributed by atoms with van der Waals surface area (Å²) in [5.74, 6) is 0.668. The van der Waals surface area contributed by atoms with Gasteiger partial charge in [0, 0.05) is 45.9 Å². The Morgan fingerprint density at radius 2 is 1.12 bits per heavy atom. The van der Waals surface area contributed by atoms with Gasteiger partial charge in [-0.25, -0.2) is 15.0 Å². The second kappa shape index (κ2) is 11.9. The molecular weight excluding hydrogens is 611 g/mol. The van der Waals surface area contributed by atoms with Crippen LogP contribution in [-0.2, 0) is 5.41 Å². The number of hydrogen-bond donors (Lipinski definition) is 0. The summed E-state index contributed by atoms with van der Waals surface area (Å²) in [5, 5.41) is 2.26. The van der Waals surface area contributed by atoms with Crippen LogP contribution in [0.1, 0.15) is 25.0 Å². The highest BCUT2D eigenvalue weighted by Gasteiger charge is 2.35. The molecule has 0 saturated heterocycles. The van der Waals surface area contributed by atoms with Crippen LogP contribution in [0.15, 0.2) is 165 Å². The number of fused-ring (bicyclic) bond motifs is 4. The van der Waals surface area contributed by atoms with Crippen molar-refractivity contribution in [2.75, 3.05) is 4.90 Å². The Morgan fingerprint density at radius 1 is 0.480 bits per heavy atom. The summed E-state index contributed by atoms with van der Waals surface area (Å²) in [4.78, 5) is 19.7. The summed E-state index contributed by atoms with van der Waals surface area (Å²) in [6.45, 7) is 4.67. The van der Waals surface area contributed by atoms with Crippen LogP contribution >= 0.6 is 0 Å². The van der Waals surface area contributed by atoms with Gasteiger partial charge in [0.1, 0.15) is 12.7 Å². The van der Waals surface area contributed by atoms with Gasteiger partial charge in [0.25, 0.3) is 0 Å². The van der Waals surface area contributed by atoms with E-state index >= 15 is 0 Å². The van der Waals surface area contributed by atoms with Crippen LogP contribution in [0.25, 0.3) is 55.5 Å². The van der Waals surface area contributed by atoms with Gasteiger partial charge < -0.3 is 4.90 Å². The molecule has 6 aromatic carbocycles. The summed E-state index contributed by atoms with van der Waals surface area (Å²) in [6.07, 6.45) is 6.85. The molecule has 0 saturated carbocycles. The van der Waals surface area contributed by atoms with Crippen molar-refractivity contribution in [3.63, 3.8) is 0 Å². The minimum absolute atomic E-state index is 0.116. The maximum absolute atomic E-state index is 4.46. The van der Waals surface area contributed by atoms with Gasteiger partial charge in [0.2, 0.25) is 0 Å². The van der Waals surface area contributed by atoms with E-state index in [1.165, 1.54) is 22.3 Å². The van der Waals surface area contributed by atoms with Crippen molar-refractivity contribution in [2.45, 2.75) is 19.3 Å².